The molecule has 0 aliphatic carbocycles. The second-order valence-corrected chi connectivity index (χ2v) is 5.33. The number of alkyl halides is 1. The topological polar surface area (TPSA) is 71.9 Å². The fourth-order valence-electron chi connectivity index (χ4n) is 2.37. The molecule has 0 aliphatic rings. The van der Waals surface area contributed by atoms with Crippen molar-refractivity contribution < 1.29 is 13.7 Å². The number of halogens is 1. The molecule has 6 heteroatoms. The fourth-order valence-corrected chi connectivity index (χ4v) is 2.37. The highest BCUT2D eigenvalue weighted by Gasteiger charge is 2.13. The van der Waals surface area contributed by atoms with Crippen LogP contribution in [0.15, 0.2) is 47.0 Å². The summed E-state index contributed by atoms with van der Waals surface area (Å²) >= 11 is 0. The Balaban J connectivity index is 1.87. The van der Waals surface area contributed by atoms with Gasteiger partial charge in [-0.1, -0.05) is 36.3 Å². The first-order valence-corrected chi connectivity index (χ1v) is 7.91. The molecule has 0 N–H and O–H groups in total. The van der Waals surface area contributed by atoms with Crippen LogP contribution in [0.3, 0.4) is 0 Å². The predicted molar refractivity (Wildman–Crippen MR) is 90.7 cm³/mol. The molecule has 1 aromatic heterocycles. The van der Waals surface area contributed by atoms with Crippen LogP contribution in [0, 0.1) is 11.3 Å². The van der Waals surface area contributed by atoms with E-state index in [9.17, 15) is 9.65 Å². The molecule has 1 heterocycles. The first-order valence-electron chi connectivity index (χ1n) is 7.91. The number of ether oxygens (including phenoxy) is 1. The van der Waals surface area contributed by atoms with Gasteiger partial charge in [0.25, 0.3) is 5.89 Å². The van der Waals surface area contributed by atoms with E-state index in [0.29, 0.717) is 23.0 Å². The normalized spacial score (nSPS) is 10.4. The van der Waals surface area contributed by atoms with Gasteiger partial charge in [0, 0.05) is 11.1 Å². The van der Waals surface area contributed by atoms with Crippen LogP contribution in [0.1, 0.15) is 18.1 Å². The van der Waals surface area contributed by atoms with Gasteiger partial charge in [-0.25, -0.2) is 4.39 Å². The van der Waals surface area contributed by atoms with Crippen molar-refractivity contribution in [3.63, 3.8) is 0 Å². The highest BCUT2D eigenvalue weighted by Crippen LogP contribution is 2.27. The van der Waals surface area contributed by atoms with Gasteiger partial charge in [-0.05, 0) is 30.2 Å². The Morgan fingerprint density at radius 3 is 2.60 bits per heavy atom. The Kier molecular flexibility index (Phi) is 5.05. The minimum Gasteiger partial charge on any atom is -0.489 e. The van der Waals surface area contributed by atoms with E-state index in [1.165, 1.54) is 5.56 Å². The summed E-state index contributed by atoms with van der Waals surface area (Å²) in [5.41, 5.74) is 2.98. The van der Waals surface area contributed by atoms with Crippen molar-refractivity contribution >= 4 is 0 Å². The third-order valence-corrected chi connectivity index (χ3v) is 3.73. The molecule has 3 rings (SSSR count). The third kappa shape index (κ3) is 3.66. The zero-order valence-corrected chi connectivity index (χ0v) is 13.7. The molecular weight excluding hydrogens is 321 g/mol. The average molecular weight is 337 g/mol. The lowest BCUT2D eigenvalue weighted by Crippen LogP contribution is -2.00. The summed E-state index contributed by atoms with van der Waals surface area (Å²) in [7, 11) is 0. The molecule has 0 aliphatic heterocycles. The Bertz CT molecular complexity index is 898. The molecule has 0 saturated heterocycles. The van der Waals surface area contributed by atoms with Crippen LogP contribution in [0.25, 0.3) is 22.8 Å². The number of rotatable bonds is 6. The molecule has 0 radical (unpaired) electrons. The Morgan fingerprint density at radius 1 is 1.16 bits per heavy atom. The summed E-state index contributed by atoms with van der Waals surface area (Å²) in [6, 6.07) is 14.9. The number of aryl methyl sites for hydroxylation is 1. The molecule has 0 unspecified atom stereocenters. The predicted octanol–water partition coefficient (Wildman–Crippen LogP) is 4.19. The molecule has 0 bridgehead atoms. The van der Waals surface area contributed by atoms with Crippen molar-refractivity contribution in [2.75, 3.05) is 13.3 Å². The van der Waals surface area contributed by atoms with E-state index in [1.807, 2.05) is 30.3 Å². The van der Waals surface area contributed by atoms with Gasteiger partial charge >= 0.3 is 0 Å². The van der Waals surface area contributed by atoms with Crippen molar-refractivity contribution in [1.82, 2.24) is 10.1 Å². The molecule has 126 valence electrons. The van der Waals surface area contributed by atoms with E-state index in [1.54, 1.807) is 18.2 Å². The Labute approximate surface area is 144 Å². The number of hydrogen-bond acceptors (Lipinski definition) is 5. The molecule has 0 saturated carbocycles. The van der Waals surface area contributed by atoms with Gasteiger partial charge < -0.3 is 9.26 Å². The Hall–Kier alpha value is -3.20. The van der Waals surface area contributed by atoms with Gasteiger partial charge in [-0.15, -0.1) is 0 Å². The summed E-state index contributed by atoms with van der Waals surface area (Å²) < 4.78 is 22.7. The first-order chi connectivity index (χ1) is 12.2. The van der Waals surface area contributed by atoms with E-state index in [0.717, 1.165) is 12.0 Å². The molecule has 0 atom stereocenters. The lowest BCUT2D eigenvalue weighted by Gasteiger charge is -2.06. The number of nitrogens with zero attached hydrogens (tertiary/aromatic N) is 3. The van der Waals surface area contributed by atoms with Crippen molar-refractivity contribution in [3.8, 4) is 34.7 Å². The number of aromatic nitrogens is 2. The van der Waals surface area contributed by atoms with Gasteiger partial charge in [0.2, 0.25) is 5.82 Å². The van der Waals surface area contributed by atoms with Crippen molar-refractivity contribution in [2.24, 2.45) is 0 Å². The summed E-state index contributed by atoms with van der Waals surface area (Å²) in [5, 5.41) is 13.2. The maximum atomic E-state index is 12.2. The zero-order valence-electron chi connectivity index (χ0n) is 13.7. The lowest BCUT2D eigenvalue weighted by atomic mass is 10.1. The molecular formula is C19H16FN3O2. The van der Waals surface area contributed by atoms with Crippen LogP contribution in [0.2, 0.25) is 0 Å². The van der Waals surface area contributed by atoms with Gasteiger partial charge in [-0.2, -0.15) is 10.2 Å². The first kappa shape index (κ1) is 16.7. The van der Waals surface area contributed by atoms with Gasteiger partial charge in [0.1, 0.15) is 25.1 Å². The highest BCUT2D eigenvalue weighted by atomic mass is 19.1. The molecule has 0 fully saturated rings. The quantitative estimate of drug-likeness (QED) is 0.674. The molecule has 3 aromatic rings. The number of hydrogen-bond donors (Lipinski definition) is 0. The second-order valence-electron chi connectivity index (χ2n) is 5.33. The van der Waals surface area contributed by atoms with E-state index in [-0.39, 0.29) is 12.2 Å². The van der Waals surface area contributed by atoms with Gasteiger partial charge in [0.15, 0.2) is 0 Å². The van der Waals surface area contributed by atoms with Crippen LogP contribution in [0.4, 0.5) is 4.39 Å². The van der Waals surface area contributed by atoms with Crippen LogP contribution in [0.5, 0.6) is 5.75 Å². The van der Waals surface area contributed by atoms with Crippen molar-refractivity contribution in [1.29, 1.82) is 5.26 Å². The summed E-state index contributed by atoms with van der Waals surface area (Å²) in [6.07, 6.45) is 0.964. The van der Waals surface area contributed by atoms with E-state index < -0.39 is 6.67 Å². The SMILES string of the molecule is CCc1ccc(-c2noc(-c3ccc(OCCF)c(C#N)c3)n2)cc1. The van der Waals surface area contributed by atoms with E-state index in [4.69, 9.17) is 9.26 Å². The minimum atomic E-state index is -0.615. The molecule has 2 aromatic carbocycles. The maximum absolute atomic E-state index is 12.2. The summed E-state index contributed by atoms with van der Waals surface area (Å²) in [6.45, 7) is 1.39. The monoisotopic (exact) mass is 337 g/mol. The molecule has 0 amide bonds. The summed E-state index contributed by atoms with van der Waals surface area (Å²) in [5.74, 6) is 1.12. The second kappa shape index (κ2) is 7.58. The van der Waals surface area contributed by atoms with Gasteiger partial charge in [-0.3, -0.25) is 0 Å². The van der Waals surface area contributed by atoms with Gasteiger partial charge in [0.05, 0.1) is 5.56 Å². The highest BCUT2D eigenvalue weighted by molar-refractivity contribution is 5.63. The van der Waals surface area contributed by atoms with Crippen molar-refractivity contribution in [3.05, 3.63) is 53.6 Å². The lowest BCUT2D eigenvalue weighted by molar-refractivity contribution is 0.272. The van der Waals surface area contributed by atoms with Crippen LogP contribution in [-0.2, 0) is 6.42 Å². The minimum absolute atomic E-state index is 0.0908. The summed E-state index contributed by atoms with van der Waals surface area (Å²) in [4.78, 5) is 4.39. The van der Waals surface area contributed by atoms with Crippen LogP contribution >= 0.6 is 0 Å². The average Bonchev–Trinajstić information content (AvgIpc) is 3.16. The molecule has 25 heavy (non-hydrogen) atoms. The fraction of sp³-hybridized carbons (Fsp3) is 0.211. The number of nitriles is 1. The largest absolute Gasteiger partial charge is 0.489 e. The van der Waals surface area contributed by atoms with Crippen LogP contribution < -0.4 is 4.74 Å². The van der Waals surface area contributed by atoms with E-state index in [2.05, 4.69) is 17.1 Å². The molecule has 0 spiro atoms. The number of benzene rings is 2. The van der Waals surface area contributed by atoms with Crippen molar-refractivity contribution in [2.45, 2.75) is 13.3 Å². The van der Waals surface area contributed by atoms with E-state index >= 15 is 0 Å². The standard InChI is InChI=1S/C19H16FN3O2/c1-2-13-3-5-14(6-4-13)18-22-19(25-23-18)15-7-8-17(24-10-9-20)16(11-15)12-21/h3-8,11H,2,9-10H2,1H3. The van der Waals surface area contributed by atoms with Crippen LogP contribution in [-0.4, -0.2) is 23.4 Å². The smallest absolute Gasteiger partial charge is 0.258 e. The molecule has 5 nitrogen and oxygen atoms in total. The zero-order chi connectivity index (χ0) is 17.6. The Morgan fingerprint density at radius 2 is 1.92 bits per heavy atom. The maximum Gasteiger partial charge on any atom is 0.258 e. The third-order valence-electron chi connectivity index (χ3n) is 3.73.